The van der Waals surface area contributed by atoms with Crippen LogP contribution in [-0.4, -0.2) is 104 Å². The third-order valence-corrected chi connectivity index (χ3v) is 10.5. The van der Waals surface area contributed by atoms with Gasteiger partial charge in [-0.25, -0.2) is 4.39 Å². The number of carbonyl (C=O) groups is 7. The van der Waals surface area contributed by atoms with Crippen molar-refractivity contribution in [1.82, 2.24) is 40.0 Å². The van der Waals surface area contributed by atoms with E-state index in [2.05, 4.69) is 36.2 Å². The van der Waals surface area contributed by atoms with Crippen LogP contribution in [0.1, 0.15) is 60.3 Å². The van der Waals surface area contributed by atoms with Gasteiger partial charge in [0, 0.05) is 38.3 Å². The molecule has 20 heteroatoms. The van der Waals surface area contributed by atoms with Crippen molar-refractivity contribution in [2.45, 2.75) is 24.9 Å². The van der Waals surface area contributed by atoms with E-state index in [1.54, 1.807) is 30.5 Å². The lowest BCUT2D eigenvalue weighted by Crippen LogP contribution is -2.54. The molecule has 2 aliphatic rings. The molecule has 8 rings (SSSR count). The van der Waals surface area contributed by atoms with E-state index in [4.69, 9.17) is 10.5 Å². The van der Waals surface area contributed by atoms with Crippen molar-refractivity contribution in [2.75, 3.05) is 38.4 Å². The van der Waals surface area contributed by atoms with Gasteiger partial charge in [-0.1, -0.05) is 18.2 Å². The number of nitrogens with two attached hydrogens (primary N) is 1. The van der Waals surface area contributed by atoms with Crippen molar-refractivity contribution in [3.05, 3.63) is 101 Å². The van der Waals surface area contributed by atoms with Crippen LogP contribution in [0.25, 0.3) is 21.9 Å². The number of methoxy groups -OCH3 is 1. The number of piperidine rings is 1. The van der Waals surface area contributed by atoms with Crippen LogP contribution in [-0.2, 0) is 14.4 Å². The maximum Gasteiger partial charge on any atom is 0.262 e. The number of rotatable bonds is 11. The standard InChI is InChI=1S/C41H36FN11O8/c1-44-37(57)32-23(42)8-5-9-24(32)46-35-22-12-14-45-34(22)49-41(50-35)47-25-17-27-19(16-28(25)61-3)13-15-52(27)30(55)18-51(2)40(60)33(43)20-6-4-7-21-31(20)39(59)53(38(21)58)26-10-11-29(54)48-36(26)56/h4-9,12-17,26,33H,10-11,18,43H2,1-3H3,(H,44,57)(H,48,54,56)(H3,45,46,47,49,50). The third-order valence-electron chi connectivity index (χ3n) is 10.5. The Morgan fingerprint density at radius 3 is 2.56 bits per heavy atom. The number of amides is 6. The molecule has 2 aliphatic heterocycles. The maximum absolute atomic E-state index is 14.8. The van der Waals surface area contributed by atoms with E-state index < -0.39 is 65.8 Å². The minimum Gasteiger partial charge on any atom is -0.495 e. The van der Waals surface area contributed by atoms with Gasteiger partial charge in [0.25, 0.3) is 23.6 Å². The molecule has 1 saturated heterocycles. The predicted molar refractivity (Wildman–Crippen MR) is 217 cm³/mol. The fourth-order valence-corrected chi connectivity index (χ4v) is 7.50. The number of aromatic nitrogens is 4. The molecule has 0 saturated carbocycles. The molecule has 6 aromatic rings. The highest BCUT2D eigenvalue weighted by Gasteiger charge is 2.46. The summed E-state index contributed by atoms with van der Waals surface area (Å²) >= 11 is 0. The number of carbonyl (C=O) groups excluding carboxylic acids is 7. The molecule has 19 nitrogen and oxygen atoms in total. The predicted octanol–water partition coefficient (Wildman–Crippen LogP) is 3.11. The van der Waals surface area contributed by atoms with Gasteiger partial charge in [-0.05, 0) is 54.4 Å². The molecule has 2 unspecified atom stereocenters. The highest BCUT2D eigenvalue weighted by molar-refractivity contribution is 6.24. The van der Waals surface area contributed by atoms with Crippen LogP contribution < -0.4 is 31.7 Å². The topological polar surface area (TPSA) is 256 Å². The van der Waals surface area contributed by atoms with Gasteiger partial charge in [-0.3, -0.25) is 48.3 Å². The van der Waals surface area contributed by atoms with E-state index in [0.29, 0.717) is 33.4 Å². The number of H-pyrrole nitrogens is 1. The summed E-state index contributed by atoms with van der Waals surface area (Å²) in [5.41, 5.74) is 7.43. The van der Waals surface area contributed by atoms with E-state index >= 15 is 0 Å². The number of benzene rings is 3. The molecular formula is C41H36FN11O8. The number of fused-ring (bicyclic) bond motifs is 3. The lowest BCUT2D eigenvalue weighted by atomic mass is 9.96. The number of halogens is 1. The van der Waals surface area contributed by atoms with Crippen molar-refractivity contribution in [1.29, 1.82) is 0 Å². The third kappa shape index (κ3) is 7.03. The monoisotopic (exact) mass is 829 g/mol. The number of hydrogen-bond donors (Lipinski definition) is 6. The Bertz CT molecular complexity index is 2870. The summed E-state index contributed by atoms with van der Waals surface area (Å²) in [6, 6.07) is 12.5. The lowest BCUT2D eigenvalue weighted by molar-refractivity contribution is -0.136. The van der Waals surface area contributed by atoms with Crippen LogP contribution in [0.4, 0.5) is 27.5 Å². The first-order valence-corrected chi connectivity index (χ1v) is 18.8. The van der Waals surface area contributed by atoms with Crippen LogP contribution in [0.5, 0.6) is 5.75 Å². The Labute approximate surface area is 344 Å². The molecule has 310 valence electrons. The molecule has 6 amide bonds. The van der Waals surface area contributed by atoms with Gasteiger partial charge >= 0.3 is 0 Å². The van der Waals surface area contributed by atoms with Gasteiger partial charge in [-0.15, -0.1) is 0 Å². The Morgan fingerprint density at radius 1 is 1.02 bits per heavy atom. The molecular weight excluding hydrogens is 794 g/mol. The first kappa shape index (κ1) is 39.8. The highest BCUT2D eigenvalue weighted by Crippen LogP contribution is 2.36. The average molecular weight is 830 g/mol. The normalized spacial score (nSPS) is 15.4. The van der Waals surface area contributed by atoms with Gasteiger partial charge in [0.1, 0.15) is 41.7 Å². The van der Waals surface area contributed by atoms with Crippen molar-refractivity contribution < 1.29 is 42.7 Å². The van der Waals surface area contributed by atoms with Gasteiger partial charge in [-0.2, -0.15) is 9.97 Å². The number of aromatic amines is 1. The molecule has 0 radical (unpaired) electrons. The average Bonchev–Trinajstić information content (AvgIpc) is 3.96. The summed E-state index contributed by atoms with van der Waals surface area (Å²) in [5.74, 6) is -4.81. The van der Waals surface area contributed by atoms with E-state index in [-0.39, 0.29) is 52.5 Å². The first-order valence-electron chi connectivity index (χ1n) is 18.8. The molecule has 3 aromatic heterocycles. The zero-order valence-corrected chi connectivity index (χ0v) is 32.7. The number of ether oxygens (including phenoxy) is 1. The summed E-state index contributed by atoms with van der Waals surface area (Å²) in [6.07, 6.45) is 3.06. The molecule has 5 heterocycles. The zero-order valence-electron chi connectivity index (χ0n) is 32.7. The molecule has 0 spiro atoms. The summed E-state index contributed by atoms with van der Waals surface area (Å²) in [5, 5.41) is 11.9. The Kier molecular flexibility index (Phi) is 10.2. The second-order valence-corrected chi connectivity index (χ2v) is 14.2. The summed E-state index contributed by atoms with van der Waals surface area (Å²) < 4.78 is 21.8. The van der Waals surface area contributed by atoms with Gasteiger partial charge in [0.15, 0.2) is 0 Å². The Hall–Kier alpha value is -8.00. The van der Waals surface area contributed by atoms with E-state index in [9.17, 15) is 38.0 Å². The molecule has 0 aliphatic carbocycles. The largest absolute Gasteiger partial charge is 0.495 e. The van der Waals surface area contributed by atoms with E-state index in [1.807, 2.05) is 0 Å². The van der Waals surface area contributed by atoms with Crippen LogP contribution in [0.3, 0.4) is 0 Å². The van der Waals surface area contributed by atoms with E-state index in [0.717, 1.165) is 9.80 Å². The number of anilines is 4. The summed E-state index contributed by atoms with van der Waals surface area (Å²) in [7, 11) is 4.22. The summed E-state index contributed by atoms with van der Waals surface area (Å²) in [4.78, 5) is 106. The first-order chi connectivity index (χ1) is 29.3. The van der Waals surface area contributed by atoms with Gasteiger partial charge in [0.2, 0.25) is 23.7 Å². The SMILES string of the molecule is CNC(=O)c1c(F)cccc1Nc1nc(Nc2cc3c(ccn3C(=O)CN(C)C(=O)C(N)c3cccc4c3C(=O)N(C3CCC(=O)NC3=O)C4=O)cc2OC)nc2[nH]ccc12. The Morgan fingerprint density at radius 2 is 1.80 bits per heavy atom. The van der Waals surface area contributed by atoms with Crippen molar-refractivity contribution in [2.24, 2.45) is 5.73 Å². The lowest BCUT2D eigenvalue weighted by Gasteiger charge is -2.28. The highest BCUT2D eigenvalue weighted by atomic mass is 19.1. The molecule has 0 bridgehead atoms. The second-order valence-electron chi connectivity index (χ2n) is 14.2. The zero-order chi connectivity index (χ0) is 43.3. The number of nitrogens with one attached hydrogen (secondary N) is 5. The molecule has 2 atom stereocenters. The number of imide groups is 2. The van der Waals surface area contributed by atoms with Crippen LogP contribution in [0.2, 0.25) is 0 Å². The number of hydrogen-bond acceptors (Lipinski definition) is 13. The van der Waals surface area contributed by atoms with Crippen molar-refractivity contribution >= 4 is 86.4 Å². The maximum atomic E-state index is 14.8. The van der Waals surface area contributed by atoms with Crippen molar-refractivity contribution in [3.63, 3.8) is 0 Å². The van der Waals surface area contributed by atoms with Crippen LogP contribution in [0.15, 0.2) is 73.1 Å². The van der Waals surface area contributed by atoms with Gasteiger partial charge < -0.3 is 36.3 Å². The minimum atomic E-state index is -1.47. The quantitative estimate of drug-likeness (QED) is 0.103. The van der Waals surface area contributed by atoms with Crippen molar-refractivity contribution in [3.8, 4) is 5.75 Å². The molecule has 1 fully saturated rings. The number of nitrogens with zero attached hydrogens (tertiary/aromatic N) is 5. The van der Waals surface area contributed by atoms with Crippen LogP contribution >= 0.6 is 0 Å². The smallest absolute Gasteiger partial charge is 0.262 e. The summed E-state index contributed by atoms with van der Waals surface area (Å²) in [6.45, 7) is -0.449. The second kappa shape index (κ2) is 15.6. The fourth-order valence-electron chi connectivity index (χ4n) is 7.50. The fraction of sp³-hybridized carbons (Fsp3) is 0.195. The molecule has 3 aromatic carbocycles. The van der Waals surface area contributed by atoms with Crippen LogP contribution in [0, 0.1) is 5.82 Å². The van der Waals surface area contributed by atoms with Gasteiger partial charge in [0.05, 0.1) is 46.1 Å². The molecule has 7 N–H and O–H groups in total. The number of likely N-dealkylation sites (N-methyl/N-ethyl adjacent to an activating group) is 1. The van der Waals surface area contributed by atoms with E-state index in [1.165, 1.54) is 68.4 Å². The minimum absolute atomic E-state index is 0.0325. The molecule has 61 heavy (non-hydrogen) atoms. The Balaban J connectivity index is 1.03.